The first-order valence-corrected chi connectivity index (χ1v) is 5.96. The van der Waals surface area contributed by atoms with E-state index in [-0.39, 0.29) is 0 Å². The van der Waals surface area contributed by atoms with Gasteiger partial charge in [-0.3, -0.25) is 5.10 Å². The second-order valence-corrected chi connectivity index (χ2v) is 4.16. The predicted molar refractivity (Wildman–Crippen MR) is 69.4 cm³/mol. The fourth-order valence-corrected chi connectivity index (χ4v) is 1.68. The van der Waals surface area contributed by atoms with Gasteiger partial charge in [0.25, 0.3) is 0 Å². The Morgan fingerprint density at radius 1 is 1.25 bits per heavy atom. The van der Waals surface area contributed by atoms with Crippen molar-refractivity contribution in [3.63, 3.8) is 0 Å². The predicted octanol–water partition coefficient (Wildman–Crippen LogP) is 3.15. The molecular formula is C13H14F3N3O. The Hall–Kier alpha value is -2.02. The molecule has 0 bridgehead atoms. The summed E-state index contributed by atoms with van der Waals surface area (Å²) in [6.07, 6.45) is -4.32. The van der Waals surface area contributed by atoms with Crippen LogP contribution in [0.5, 0.6) is 0 Å². The van der Waals surface area contributed by atoms with Crippen molar-refractivity contribution in [1.29, 1.82) is 0 Å². The monoisotopic (exact) mass is 285 g/mol. The van der Waals surface area contributed by atoms with E-state index < -0.39 is 11.7 Å². The van der Waals surface area contributed by atoms with Gasteiger partial charge in [0.2, 0.25) is 0 Å². The molecule has 2 rings (SSSR count). The van der Waals surface area contributed by atoms with Gasteiger partial charge < -0.3 is 10.1 Å². The molecule has 1 aromatic heterocycles. The van der Waals surface area contributed by atoms with Gasteiger partial charge in [0.05, 0.1) is 17.9 Å². The molecule has 0 spiro atoms. The van der Waals surface area contributed by atoms with E-state index in [1.807, 2.05) is 0 Å². The molecule has 0 atom stereocenters. The summed E-state index contributed by atoms with van der Waals surface area (Å²) in [5, 5.41) is 9.82. The van der Waals surface area contributed by atoms with Crippen molar-refractivity contribution in [3.05, 3.63) is 35.9 Å². The summed E-state index contributed by atoms with van der Waals surface area (Å²) in [7, 11) is 1.60. The number of anilines is 1. The first-order valence-electron chi connectivity index (χ1n) is 5.96. The van der Waals surface area contributed by atoms with Crippen LogP contribution in [0.25, 0.3) is 11.3 Å². The fourth-order valence-electron chi connectivity index (χ4n) is 1.68. The van der Waals surface area contributed by atoms with Gasteiger partial charge in [0.15, 0.2) is 0 Å². The standard InChI is InChI=1S/C13H14F3N3O/c1-20-7-6-17-12-8-11(18-19-12)9-2-4-10(5-3-9)13(14,15)16/h2-5,8H,6-7H2,1H3,(H2,17,18,19). The van der Waals surface area contributed by atoms with E-state index in [0.717, 1.165) is 12.1 Å². The second kappa shape index (κ2) is 5.96. The second-order valence-electron chi connectivity index (χ2n) is 4.16. The van der Waals surface area contributed by atoms with Gasteiger partial charge in [-0.1, -0.05) is 12.1 Å². The molecule has 7 heteroatoms. The number of hydrogen-bond donors (Lipinski definition) is 2. The van der Waals surface area contributed by atoms with Gasteiger partial charge in [0.1, 0.15) is 5.82 Å². The van der Waals surface area contributed by atoms with Gasteiger partial charge in [-0.05, 0) is 17.7 Å². The summed E-state index contributed by atoms with van der Waals surface area (Å²) in [6, 6.07) is 6.66. The van der Waals surface area contributed by atoms with E-state index in [0.29, 0.717) is 30.2 Å². The number of alkyl halides is 3. The zero-order valence-electron chi connectivity index (χ0n) is 10.8. The van der Waals surface area contributed by atoms with Crippen LogP contribution in [0.1, 0.15) is 5.56 Å². The average molecular weight is 285 g/mol. The maximum atomic E-state index is 12.5. The minimum atomic E-state index is -4.32. The van der Waals surface area contributed by atoms with Crippen molar-refractivity contribution in [3.8, 4) is 11.3 Å². The molecule has 1 aromatic carbocycles. The molecule has 0 saturated carbocycles. The van der Waals surface area contributed by atoms with Crippen LogP contribution in [0.3, 0.4) is 0 Å². The molecule has 0 aliphatic heterocycles. The number of methoxy groups -OCH3 is 1. The van der Waals surface area contributed by atoms with Crippen molar-refractivity contribution in [1.82, 2.24) is 10.2 Å². The van der Waals surface area contributed by atoms with Crippen molar-refractivity contribution in [2.24, 2.45) is 0 Å². The van der Waals surface area contributed by atoms with E-state index in [9.17, 15) is 13.2 Å². The van der Waals surface area contributed by atoms with Crippen LogP contribution in [0.4, 0.5) is 19.0 Å². The highest BCUT2D eigenvalue weighted by molar-refractivity contribution is 5.63. The van der Waals surface area contributed by atoms with Crippen LogP contribution in [0, 0.1) is 0 Å². The molecule has 1 heterocycles. The molecule has 0 amide bonds. The van der Waals surface area contributed by atoms with Crippen molar-refractivity contribution >= 4 is 5.82 Å². The number of H-pyrrole nitrogens is 1. The van der Waals surface area contributed by atoms with Crippen LogP contribution in [-0.2, 0) is 10.9 Å². The van der Waals surface area contributed by atoms with Crippen LogP contribution in [0.15, 0.2) is 30.3 Å². The lowest BCUT2D eigenvalue weighted by atomic mass is 10.1. The Morgan fingerprint density at radius 3 is 2.55 bits per heavy atom. The summed E-state index contributed by atoms with van der Waals surface area (Å²) >= 11 is 0. The molecule has 0 radical (unpaired) electrons. The number of nitrogens with one attached hydrogen (secondary N) is 2. The average Bonchev–Trinajstić information content (AvgIpc) is 2.87. The van der Waals surface area contributed by atoms with E-state index in [1.54, 1.807) is 13.2 Å². The van der Waals surface area contributed by atoms with Gasteiger partial charge in [-0.15, -0.1) is 0 Å². The number of hydrogen-bond acceptors (Lipinski definition) is 3. The van der Waals surface area contributed by atoms with Crippen LogP contribution >= 0.6 is 0 Å². The highest BCUT2D eigenvalue weighted by atomic mass is 19.4. The third-order valence-corrected chi connectivity index (χ3v) is 2.71. The van der Waals surface area contributed by atoms with E-state index in [4.69, 9.17) is 4.74 Å². The lowest BCUT2D eigenvalue weighted by Gasteiger charge is -2.06. The number of ether oxygens (including phenoxy) is 1. The van der Waals surface area contributed by atoms with Crippen molar-refractivity contribution in [2.45, 2.75) is 6.18 Å². The molecule has 20 heavy (non-hydrogen) atoms. The highest BCUT2D eigenvalue weighted by Crippen LogP contribution is 2.30. The van der Waals surface area contributed by atoms with Crippen LogP contribution in [0.2, 0.25) is 0 Å². The fraction of sp³-hybridized carbons (Fsp3) is 0.308. The summed E-state index contributed by atoms with van der Waals surface area (Å²) in [5.41, 5.74) is 0.628. The zero-order valence-corrected chi connectivity index (χ0v) is 10.8. The molecule has 2 aromatic rings. The number of aromatic amines is 1. The molecule has 4 nitrogen and oxygen atoms in total. The van der Waals surface area contributed by atoms with Gasteiger partial charge in [-0.25, -0.2) is 0 Å². The maximum Gasteiger partial charge on any atom is 0.416 e. The van der Waals surface area contributed by atoms with E-state index in [1.165, 1.54) is 12.1 Å². The molecule has 0 aliphatic carbocycles. The highest BCUT2D eigenvalue weighted by Gasteiger charge is 2.29. The molecule has 0 saturated heterocycles. The van der Waals surface area contributed by atoms with Crippen molar-refractivity contribution in [2.75, 3.05) is 25.6 Å². The Labute approximate surface area is 114 Å². The summed E-state index contributed by atoms with van der Waals surface area (Å²) in [4.78, 5) is 0. The quantitative estimate of drug-likeness (QED) is 0.830. The Balaban J connectivity index is 2.08. The minimum absolute atomic E-state index is 0.544. The largest absolute Gasteiger partial charge is 0.416 e. The lowest BCUT2D eigenvalue weighted by molar-refractivity contribution is -0.137. The molecule has 0 aliphatic rings. The number of aromatic nitrogens is 2. The summed E-state index contributed by atoms with van der Waals surface area (Å²) in [5.74, 6) is 0.622. The molecular weight excluding hydrogens is 271 g/mol. The Kier molecular flexibility index (Phi) is 4.29. The number of nitrogens with zero attached hydrogens (tertiary/aromatic N) is 1. The molecule has 108 valence electrons. The smallest absolute Gasteiger partial charge is 0.383 e. The topological polar surface area (TPSA) is 49.9 Å². The van der Waals surface area contributed by atoms with Crippen LogP contribution < -0.4 is 5.32 Å². The minimum Gasteiger partial charge on any atom is -0.383 e. The van der Waals surface area contributed by atoms with Crippen LogP contribution in [-0.4, -0.2) is 30.5 Å². The number of benzene rings is 1. The zero-order chi connectivity index (χ0) is 14.6. The third kappa shape index (κ3) is 3.51. The molecule has 0 unspecified atom stereocenters. The van der Waals surface area contributed by atoms with E-state index >= 15 is 0 Å². The Morgan fingerprint density at radius 2 is 1.95 bits per heavy atom. The number of halogens is 3. The van der Waals surface area contributed by atoms with Crippen molar-refractivity contribution < 1.29 is 17.9 Å². The number of rotatable bonds is 5. The maximum absolute atomic E-state index is 12.5. The molecule has 2 N–H and O–H groups in total. The normalized spacial score (nSPS) is 11.6. The first kappa shape index (κ1) is 14.4. The van der Waals surface area contributed by atoms with Gasteiger partial charge >= 0.3 is 6.18 Å². The van der Waals surface area contributed by atoms with Gasteiger partial charge in [0, 0.05) is 19.7 Å². The SMILES string of the molecule is COCCNc1cc(-c2ccc(C(F)(F)F)cc2)[nH]n1. The van der Waals surface area contributed by atoms with Gasteiger partial charge in [-0.2, -0.15) is 18.3 Å². The Bertz CT molecular complexity index is 549. The third-order valence-electron chi connectivity index (χ3n) is 2.71. The summed E-state index contributed by atoms with van der Waals surface area (Å²) in [6.45, 7) is 1.15. The summed E-state index contributed by atoms with van der Waals surface area (Å²) < 4.78 is 42.3. The lowest BCUT2D eigenvalue weighted by Crippen LogP contribution is -2.07. The molecule has 0 fully saturated rings. The first-order chi connectivity index (χ1) is 9.50. The van der Waals surface area contributed by atoms with E-state index in [2.05, 4.69) is 15.5 Å².